The smallest absolute Gasteiger partial charge is 0.179 e. The van der Waals surface area contributed by atoms with Crippen LogP contribution in [-0.2, 0) is 0 Å². The number of hydrogen-bond acceptors (Lipinski definition) is 1. The Bertz CT molecular complexity index is 3660. The van der Waals surface area contributed by atoms with Crippen LogP contribution in [0.1, 0.15) is 0 Å². The highest BCUT2D eigenvalue weighted by Gasteiger charge is 2.41. The third-order valence-corrected chi connectivity index (χ3v) is 18.9. The van der Waals surface area contributed by atoms with E-state index in [9.17, 15) is 0 Å². The van der Waals surface area contributed by atoms with Crippen molar-refractivity contribution < 1.29 is 0 Å². The molecule has 0 spiro atoms. The van der Waals surface area contributed by atoms with Crippen LogP contribution in [0.25, 0.3) is 66.4 Å². The number of fused-ring (bicyclic) bond motifs is 1. The summed E-state index contributed by atoms with van der Waals surface area (Å²) in [5.74, 6) is 0. The molecule has 0 fully saturated rings. The van der Waals surface area contributed by atoms with E-state index in [0.29, 0.717) is 0 Å². The highest BCUT2D eigenvalue weighted by atomic mass is 28.3. The summed E-state index contributed by atoms with van der Waals surface area (Å²) in [6.45, 7) is 0. The predicted octanol–water partition coefficient (Wildman–Crippen LogP) is 16.0. The van der Waals surface area contributed by atoms with Crippen LogP contribution < -0.4 is 25.6 Å². The minimum Gasteiger partial charge on any atom is -0.310 e. The molecule has 340 valence electrons. The van der Waals surface area contributed by atoms with Gasteiger partial charge in [-0.1, -0.05) is 267 Å². The van der Waals surface area contributed by atoms with Gasteiger partial charge in [0.25, 0.3) is 0 Å². The topological polar surface area (TPSA) is 3.24 Å². The van der Waals surface area contributed by atoms with Gasteiger partial charge in [0, 0.05) is 17.1 Å². The van der Waals surface area contributed by atoms with Gasteiger partial charge < -0.3 is 4.90 Å². The van der Waals surface area contributed by atoms with Crippen LogP contribution in [0.3, 0.4) is 0 Å². The highest BCUT2D eigenvalue weighted by Crippen LogP contribution is 2.51. The van der Waals surface area contributed by atoms with Crippen molar-refractivity contribution in [3.8, 4) is 55.6 Å². The molecular formula is C70H51NSi. The number of para-hydroxylation sites is 1. The van der Waals surface area contributed by atoms with Gasteiger partial charge in [-0.05, 0) is 130 Å². The van der Waals surface area contributed by atoms with E-state index in [1.807, 2.05) is 0 Å². The van der Waals surface area contributed by atoms with Crippen molar-refractivity contribution in [3.05, 3.63) is 309 Å². The van der Waals surface area contributed by atoms with Crippen LogP contribution in [0, 0.1) is 0 Å². The molecule has 12 aromatic carbocycles. The molecule has 0 radical (unpaired) electrons. The third-order valence-electron chi connectivity index (χ3n) is 14.2. The second kappa shape index (κ2) is 19.7. The summed E-state index contributed by atoms with van der Waals surface area (Å²) in [7, 11) is -2.81. The van der Waals surface area contributed by atoms with Crippen LogP contribution in [-0.4, -0.2) is 8.07 Å². The summed E-state index contributed by atoms with van der Waals surface area (Å²) in [5.41, 5.74) is 15.2. The molecule has 0 heterocycles. The molecule has 0 aliphatic rings. The molecule has 72 heavy (non-hydrogen) atoms. The van der Waals surface area contributed by atoms with E-state index in [1.165, 1.54) is 76.0 Å². The maximum atomic E-state index is 2.46. The van der Waals surface area contributed by atoms with Crippen molar-refractivity contribution in [1.29, 1.82) is 0 Å². The number of nitrogens with zero attached hydrogens (tertiary/aromatic N) is 1. The standard InChI is InChI=1S/C70H51NSi/c1-9-27-52(28-10-1)67-65-48-47-57(50-66(65)68(53-29-11-2-12-30-53)70(55-33-15-4-16-34-55)69(67)54-31-13-3-14-32-54)56-35-25-38-59(49-56)71(58-36-17-5-18-37-58)60-39-26-46-64(51-60)72(61-40-19-6-20-41-61,62-42-21-7-22-43-62)63-44-23-8-24-45-63/h1-51H. The van der Waals surface area contributed by atoms with Crippen LogP contribution in [0.4, 0.5) is 17.1 Å². The van der Waals surface area contributed by atoms with Gasteiger partial charge in [0.2, 0.25) is 0 Å². The first kappa shape index (κ1) is 44.1. The fourth-order valence-corrected chi connectivity index (χ4v) is 15.8. The highest BCUT2D eigenvalue weighted by molar-refractivity contribution is 7.19. The summed E-state index contributed by atoms with van der Waals surface area (Å²) in [6, 6.07) is 114. The van der Waals surface area contributed by atoms with Crippen molar-refractivity contribution in [2.45, 2.75) is 0 Å². The Kier molecular flexibility index (Phi) is 12.1. The number of benzene rings is 12. The van der Waals surface area contributed by atoms with Crippen LogP contribution in [0.5, 0.6) is 0 Å². The maximum absolute atomic E-state index is 2.81. The molecular weight excluding hydrogens is 883 g/mol. The van der Waals surface area contributed by atoms with Crippen LogP contribution >= 0.6 is 0 Å². The SMILES string of the molecule is c1ccc(-c2c(-c3ccccc3)c(-c3ccccc3)c3cc(-c4cccc(N(c5ccccc5)c5cccc([Si](c6ccccc6)(c6ccccc6)c6ccccc6)c5)c4)ccc3c2-c2ccccc2)cc1. The third kappa shape index (κ3) is 8.14. The lowest BCUT2D eigenvalue weighted by Crippen LogP contribution is -2.74. The Morgan fingerprint density at radius 1 is 0.194 bits per heavy atom. The zero-order valence-corrected chi connectivity index (χ0v) is 40.9. The zero-order valence-electron chi connectivity index (χ0n) is 39.9. The van der Waals surface area contributed by atoms with E-state index >= 15 is 0 Å². The first-order chi connectivity index (χ1) is 35.8. The van der Waals surface area contributed by atoms with Crippen molar-refractivity contribution >= 4 is 56.7 Å². The van der Waals surface area contributed by atoms with Gasteiger partial charge >= 0.3 is 0 Å². The molecule has 2 heteroatoms. The molecule has 1 nitrogen and oxygen atoms in total. The average molecular weight is 934 g/mol. The van der Waals surface area contributed by atoms with Gasteiger partial charge in [0.05, 0.1) is 0 Å². The van der Waals surface area contributed by atoms with Gasteiger partial charge in [-0.15, -0.1) is 0 Å². The first-order valence-corrected chi connectivity index (χ1v) is 26.8. The fraction of sp³-hybridized carbons (Fsp3) is 0. The van der Waals surface area contributed by atoms with Gasteiger partial charge in [0.1, 0.15) is 0 Å². The summed E-state index contributed by atoms with van der Waals surface area (Å²) in [6.07, 6.45) is 0. The molecule has 12 rings (SSSR count). The summed E-state index contributed by atoms with van der Waals surface area (Å²) in [4.78, 5) is 2.43. The molecule has 0 atom stereocenters. The Balaban J connectivity index is 1.08. The van der Waals surface area contributed by atoms with Gasteiger partial charge in [0.15, 0.2) is 8.07 Å². The van der Waals surface area contributed by atoms with E-state index in [4.69, 9.17) is 0 Å². The van der Waals surface area contributed by atoms with Crippen molar-refractivity contribution in [3.63, 3.8) is 0 Å². The number of hydrogen-bond donors (Lipinski definition) is 0. The summed E-state index contributed by atoms with van der Waals surface area (Å²) < 4.78 is 0. The quantitative estimate of drug-likeness (QED) is 0.0872. The number of anilines is 3. The van der Waals surface area contributed by atoms with Crippen molar-refractivity contribution in [2.24, 2.45) is 0 Å². The molecule has 0 aliphatic heterocycles. The lowest BCUT2D eigenvalue weighted by molar-refractivity contribution is 1.29. The molecule has 0 bridgehead atoms. The second-order valence-corrected chi connectivity index (χ2v) is 22.2. The van der Waals surface area contributed by atoms with Crippen molar-refractivity contribution in [1.82, 2.24) is 0 Å². The molecule has 0 unspecified atom stereocenters. The largest absolute Gasteiger partial charge is 0.310 e. The normalized spacial score (nSPS) is 11.3. The van der Waals surface area contributed by atoms with Gasteiger partial charge in [-0.25, -0.2) is 0 Å². The second-order valence-electron chi connectivity index (χ2n) is 18.3. The van der Waals surface area contributed by atoms with E-state index in [1.54, 1.807) is 0 Å². The summed E-state index contributed by atoms with van der Waals surface area (Å²) >= 11 is 0. The predicted molar refractivity (Wildman–Crippen MR) is 309 cm³/mol. The number of rotatable bonds is 12. The van der Waals surface area contributed by atoms with Crippen LogP contribution in [0.2, 0.25) is 0 Å². The van der Waals surface area contributed by atoms with E-state index in [-0.39, 0.29) is 0 Å². The van der Waals surface area contributed by atoms with E-state index in [0.717, 1.165) is 28.2 Å². The molecule has 12 aromatic rings. The first-order valence-electron chi connectivity index (χ1n) is 24.8. The fourth-order valence-electron chi connectivity index (χ4n) is 11.1. The Morgan fingerprint density at radius 2 is 0.514 bits per heavy atom. The minimum atomic E-state index is -2.81. The van der Waals surface area contributed by atoms with E-state index < -0.39 is 8.07 Å². The molecule has 0 amide bonds. The van der Waals surface area contributed by atoms with Gasteiger partial charge in [-0.3, -0.25) is 0 Å². The Labute approximate surface area is 424 Å². The van der Waals surface area contributed by atoms with Gasteiger partial charge in [-0.2, -0.15) is 0 Å². The molecule has 0 N–H and O–H groups in total. The molecule has 0 saturated heterocycles. The van der Waals surface area contributed by atoms with Crippen molar-refractivity contribution in [2.75, 3.05) is 4.90 Å². The molecule has 0 saturated carbocycles. The molecule has 0 aliphatic carbocycles. The Hall–Kier alpha value is -9.08. The minimum absolute atomic E-state index is 1.08. The average Bonchev–Trinajstić information content (AvgIpc) is 3.47. The van der Waals surface area contributed by atoms with E-state index in [2.05, 4.69) is 314 Å². The van der Waals surface area contributed by atoms with Crippen LogP contribution in [0.15, 0.2) is 309 Å². The zero-order chi connectivity index (χ0) is 48.1. The lowest BCUT2D eigenvalue weighted by atomic mass is 9.78. The summed E-state index contributed by atoms with van der Waals surface area (Å²) in [5, 5.41) is 7.78. The lowest BCUT2D eigenvalue weighted by Gasteiger charge is -2.35. The Morgan fingerprint density at radius 3 is 0.972 bits per heavy atom. The molecule has 0 aromatic heterocycles. The monoisotopic (exact) mass is 933 g/mol. The maximum Gasteiger partial charge on any atom is 0.179 e.